The van der Waals surface area contributed by atoms with Gasteiger partial charge in [0.05, 0.1) is 16.6 Å². The lowest BCUT2D eigenvalue weighted by molar-refractivity contribution is -0.0688. The molecule has 0 unspecified atom stereocenters. The van der Waals surface area contributed by atoms with Gasteiger partial charge in [-0.25, -0.2) is 17.2 Å². The summed E-state index contributed by atoms with van der Waals surface area (Å²) >= 11 is 0. The lowest BCUT2D eigenvalue weighted by Crippen LogP contribution is -2.49. The molecule has 0 saturated heterocycles. The molecule has 2 saturated carbocycles. The van der Waals surface area contributed by atoms with E-state index in [2.05, 4.69) is 0 Å². The Hall–Kier alpha value is -0.230. The SMILES string of the molecule is O=S(=O)(C1CC(F)(F)C1)C1(CO)CC1. The minimum Gasteiger partial charge on any atom is -0.395 e. The third-order valence-corrected chi connectivity index (χ3v) is 6.15. The highest BCUT2D eigenvalue weighted by atomic mass is 32.2. The standard InChI is InChI=1S/C8H12F2O3S/c9-8(10)3-6(4-8)14(12,13)7(5-11)1-2-7/h6,11H,1-5H2. The van der Waals surface area contributed by atoms with Gasteiger partial charge in [0.15, 0.2) is 9.84 Å². The van der Waals surface area contributed by atoms with Crippen LogP contribution in [0.3, 0.4) is 0 Å². The van der Waals surface area contributed by atoms with Crippen molar-refractivity contribution >= 4 is 9.84 Å². The fourth-order valence-corrected chi connectivity index (χ4v) is 4.34. The molecule has 2 rings (SSSR count). The summed E-state index contributed by atoms with van der Waals surface area (Å²) in [6, 6.07) is 0. The van der Waals surface area contributed by atoms with Crippen molar-refractivity contribution < 1.29 is 22.3 Å². The zero-order valence-corrected chi connectivity index (χ0v) is 8.36. The van der Waals surface area contributed by atoms with Crippen LogP contribution >= 0.6 is 0 Å². The first-order valence-corrected chi connectivity index (χ1v) is 6.10. The van der Waals surface area contributed by atoms with E-state index in [4.69, 9.17) is 5.11 Å². The smallest absolute Gasteiger partial charge is 0.250 e. The Labute approximate surface area is 81.0 Å². The molecule has 0 aliphatic heterocycles. The zero-order chi connectivity index (χ0) is 10.6. The van der Waals surface area contributed by atoms with Gasteiger partial charge in [-0.05, 0) is 12.8 Å². The predicted octanol–water partition coefficient (Wildman–Crippen LogP) is 0.724. The van der Waals surface area contributed by atoms with E-state index < -0.39 is 45.2 Å². The van der Waals surface area contributed by atoms with Gasteiger partial charge in [-0.15, -0.1) is 0 Å². The highest BCUT2D eigenvalue weighted by molar-refractivity contribution is 7.93. The van der Waals surface area contributed by atoms with E-state index in [0.29, 0.717) is 12.8 Å². The number of rotatable bonds is 3. The van der Waals surface area contributed by atoms with E-state index >= 15 is 0 Å². The van der Waals surface area contributed by atoms with Gasteiger partial charge in [0.25, 0.3) is 5.92 Å². The van der Waals surface area contributed by atoms with E-state index in [1.54, 1.807) is 0 Å². The van der Waals surface area contributed by atoms with Crippen LogP contribution in [-0.4, -0.2) is 36.1 Å². The Balaban J connectivity index is 2.12. The molecule has 6 heteroatoms. The monoisotopic (exact) mass is 226 g/mol. The Morgan fingerprint density at radius 3 is 2.07 bits per heavy atom. The van der Waals surface area contributed by atoms with Crippen molar-refractivity contribution in [2.75, 3.05) is 6.61 Å². The van der Waals surface area contributed by atoms with Crippen LogP contribution in [0.15, 0.2) is 0 Å². The molecule has 3 nitrogen and oxygen atoms in total. The van der Waals surface area contributed by atoms with Crippen LogP contribution in [0.1, 0.15) is 25.7 Å². The van der Waals surface area contributed by atoms with Crippen LogP contribution in [-0.2, 0) is 9.84 Å². The average Bonchev–Trinajstić information content (AvgIpc) is 2.80. The van der Waals surface area contributed by atoms with Crippen molar-refractivity contribution in [2.24, 2.45) is 0 Å². The molecular weight excluding hydrogens is 214 g/mol. The Morgan fingerprint density at radius 1 is 1.29 bits per heavy atom. The molecule has 0 aromatic rings. The third kappa shape index (κ3) is 1.27. The second kappa shape index (κ2) is 2.66. The fraction of sp³-hybridized carbons (Fsp3) is 1.00. The van der Waals surface area contributed by atoms with Crippen LogP contribution in [0.5, 0.6) is 0 Å². The van der Waals surface area contributed by atoms with Crippen LogP contribution < -0.4 is 0 Å². The Kier molecular flexibility index (Phi) is 1.96. The predicted molar refractivity (Wildman–Crippen MR) is 45.9 cm³/mol. The summed E-state index contributed by atoms with van der Waals surface area (Å²) in [7, 11) is -3.54. The molecule has 0 atom stereocenters. The van der Waals surface area contributed by atoms with Crippen molar-refractivity contribution in [3.8, 4) is 0 Å². The topological polar surface area (TPSA) is 54.4 Å². The molecular formula is C8H12F2O3S. The van der Waals surface area contributed by atoms with Crippen molar-refractivity contribution in [2.45, 2.75) is 41.6 Å². The number of aliphatic hydroxyl groups is 1. The Morgan fingerprint density at radius 2 is 1.79 bits per heavy atom. The highest BCUT2D eigenvalue weighted by Gasteiger charge is 2.62. The number of halogens is 2. The molecule has 0 radical (unpaired) electrons. The van der Waals surface area contributed by atoms with E-state index in [1.165, 1.54) is 0 Å². The molecule has 0 bridgehead atoms. The van der Waals surface area contributed by atoms with Crippen molar-refractivity contribution in [1.29, 1.82) is 0 Å². The molecule has 0 aromatic heterocycles. The van der Waals surface area contributed by atoms with Crippen LogP contribution in [0.2, 0.25) is 0 Å². The second-order valence-corrected chi connectivity index (χ2v) is 6.90. The first kappa shape index (κ1) is 10.3. The molecule has 14 heavy (non-hydrogen) atoms. The normalized spacial score (nSPS) is 29.6. The van der Waals surface area contributed by atoms with Gasteiger partial charge in [0.1, 0.15) is 0 Å². The number of alkyl halides is 2. The number of hydrogen-bond donors (Lipinski definition) is 1. The quantitative estimate of drug-likeness (QED) is 0.771. The van der Waals surface area contributed by atoms with Crippen molar-refractivity contribution in [1.82, 2.24) is 0 Å². The van der Waals surface area contributed by atoms with Crippen LogP contribution in [0.25, 0.3) is 0 Å². The summed E-state index contributed by atoms with van der Waals surface area (Å²) in [5, 5.41) is 7.99. The summed E-state index contributed by atoms with van der Waals surface area (Å²) in [4.78, 5) is 0. The minimum absolute atomic E-state index is 0.411. The van der Waals surface area contributed by atoms with Gasteiger partial charge in [0.2, 0.25) is 0 Å². The van der Waals surface area contributed by atoms with E-state index in [1.807, 2.05) is 0 Å². The number of aliphatic hydroxyl groups excluding tert-OH is 1. The molecule has 2 aliphatic rings. The second-order valence-electron chi connectivity index (χ2n) is 4.27. The zero-order valence-electron chi connectivity index (χ0n) is 7.54. The van der Waals surface area contributed by atoms with Gasteiger partial charge in [-0.3, -0.25) is 0 Å². The molecule has 0 spiro atoms. The van der Waals surface area contributed by atoms with Gasteiger partial charge < -0.3 is 5.11 Å². The van der Waals surface area contributed by atoms with E-state index in [-0.39, 0.29) is 0 Å². The molecule has 2 fully saturated rings. The maximum Gasteiger partial charge on any atom is 0.250 e. The molecule has 0 amide bonds. The summed E-state index contributed by atoms with van der Waals surface area (Å²) in [5.41, 5.74) is 0. The maximum absolute atomic E-state index is 12.5. The van der Waals surface area contributed by atoms with Gasteiger partial charge in [0, 0.05) is 12.8 Å². The van der Waals surface area contributed by atoms with E-state index in [0.717, 1.165) is 0 Å². The van der Waals surface area contributed by atoms with Crippen LogP contribution in [0.4, 0.5) is 8.78 Å². The van der Waals surface area contributed by atoms with Gasteiger partial charge >= 0.3 is 0 Å². The first-order valence-electron chi connectivity index (χ1n) is 4.55. The number of sulfone groups is 1. The van der Waals surface area contributed by atoms with E-state index in [9.17, 15) is 17.2 Å². The largest absolute Gasteiger partial charge is 0.395 e. The lowest BCUT2D eigenvalue weighted by atomic mass is 9.94. The lowest BCUT2D eigenvalue weighted by Gasteiger charge is -2.36. The maximum atomic E-state index is 12.5. The van der Waals surface area contributed by atoms with Gasteiger partial charge in [-0.2, -0.15) is 0 Å². The summed E-state index contributed by atoms with van der Waals surface area (Å²) < 4.78 is 47.4. The highest BCUT2D eigenvalue weighted by Crippen LogP contribution is 2.51. The van der Waals surface area contributed by atoms with Gasteiger partial charge in [-0.1, -0.05) is 0 Å². The molecule has 82 valence electrons. The third-order valence-electron chi connectivity index (χ3n) is 3.19. The van der Waals surface area contributed by atoms with Crippen LogP contribution in [0, 0.1) is 0 Å². The summed E-state index contributed by atoms with van der Waals surface area (Å²) in [6.45, 7) is -0.433. The average molecular weight is 226 g/mol. The molecule has 0 aromatic carbocycles. The fourth-order valence-electron chi connectivity index (χ4n) is 1.85. The Bertz CT molecular complexity index is 338. The molecule has 0 heterocycles. The first-order chi connectivity index (χ1) is 6.33. The van der Waals surface area contributed by atoms with Crippen molar-refractivity contribution in [3.63, 3.8) is 0 Å². The number of hydrogen-bond acceptors (Lipinski definition) is 3. The summed E-state index contributed by atoms with van der Waals surface area (Å²) in [5.74, 6) is -2.82. The summed E-state index contributed by atoms with van der Waals surface area (Å²) in [6.07, 6.45) is -0.323. The van der Waals surface area contributed by atoms with Crippen molar-refractivity contribution in [3.05, 3.63) is 0 Å². The minimum atomic E-state index is -3.54. The molecule has 2 aliphatic carbocycles. The molecule has 1 N–H and O–H groups in total.